The van der Waals surface area contributed by atoms with E-state index in [1.165, 1.54) is 0 Å². The van der Waals surface area contributed by atoms with E-state index in [-0.39, 0.29) is 0 Å². The molecule has 0 aromatic carbocycles. The molecule has 0 aliphatic carbocycles. The van der Waals surface area contributed by atoms with Gasteiger partial charge < -0.3 is 9.55 Å². The van der Waals surface area contributed by atoms with Crippen molar-refractivity contribution < 1.29 is 0 Å². The van der Waals surface area contributed by atoms with Gasteiger partial charge in [-0.25, -0.2) is 0 Å². The van der Waals surface area contributed by atoms with Crippen molar-refractivity contribution in [3.8, 4) is 0 Å². The fraction of sp³-hybridized carbons (Fsp3) is 0.500. The molecule has 0 saturated carbocycles. The standard InChI is InChI=1S/C14H20N6S/c1-3-6-11-12-13(18(2)17-11)20(14(21)16-12)10-5-9-19-8-4-7-15-19/h4,7-8H,3,5-6,9-10H2,1-2H3,(H,16,21). The van der Waals surface area contributed by atoms with E-state index in [1.54, 1.807) is 6.20 Å². The van der Waals surface area contributed by atoms with Gasteiger partial charge in [0.05, 0.1) is 5.69 Å². The van der Waals surface area contributed by atoms with Crippen LogP contribution in [0, 0.1) is 4.77 Å². The number of hydrogen-bond acceptors (Lipinski definition) is 3. The van der Waals surface area contributed by atoms with Crippen LogP contribution in [0.4, 0.5) is 0 Å². The number of aromatic amines is 1. The lowest BCUT2D eigenvalue weighted by atomic mass is 10.2. The second-order valence-electron chi connectivity index (χ2n) is 5.22. The van der Waals surface area contributed by atoms with Crippen LogP contribution in [0.1, 0.15) is 25.5 Å². The lowest BCUT2D eigenvalue weighted by Gasteiger charge is -2.05. The van der Waals surface area contributed by atoms with Crippen LogP contribution in [0.25, 0.3) is 11.2 Å². The van der Waals surface area contributed by atoms with E-state index in [0.717, 1.165) is 54.0 Å². The van der Waals surface area contributed by atoms with Crippen LogP contribution in [0.3, 0.4) is 0 Å². The van der Waals surface area contributed by atoms with E-state index in [4.69, 9.17) is 12.2 Å². The molecule has 0 amide bonds. The van der Waals surface area contributed by atoms with Gasteiger partial charge in [0.25, 0.3) is 0 Å². The Labute approximate surface area is 128 Å². The fourth-order valence-corrected chi connectivity index (χ4v) is 3.00. The normalized spacial score (nSPS) is 11.5. The second-order valence-corrected chi connectivity index (χ2v) is 5.61. The third-order valence-corrected chi connectivity index (χ3v) is 3.96. The minimum Gasteiger partial charge on any atom is -0.328 e. The predicted octanol–water partition coefficient (Wildman–Crippen LogP) is 2.67. The molecule has 0 bridgehead atoms. The number of fused-ring (bicyclic) bond motifs is 1. The lowest BCUT2D eigenvalue weighted by molar-refractivity contribution is 0.524. The minimum atomic E-state index is 0.774. The summed E-state index contributed by atoms with van der Waals surface area (Å²) in [4.78, 5) is 3.32. The predicted molar refractivity (Wildman–Crippen MR) is 84.7 cm³/mol. The van der Waals surface area contributed by atoms with Gasteiger partial charge in [-0.2, -0.15) is 10.2 Å². The zero-order valence-corrected chi connectivity index (χ0v) is 13.2. The second kappa shape index (κ2) is 5.85. The van der Waals surface area contributed by atoms with Crippen molar-refractivity contribution in [2.45, 2.75) is 39.3 Å². The third kappa shape index (κ3) is 2.65. The zero-order valence-electron chi connectivity index (χ0n) is 12.4. The molecule has 0 spiro atoms. The van der Waals surface area contributed by atoms with Gasteiger partial charge in [-0.3, -0.25) is 9.36 Å². The highest BCUT2D eigenvalue weighted by atomic mass is 32.1. The van der Waals surface area contributed by atoms with Crippen molar-refractivity contribution in [2.24, 2.45) is 7.05 Å². The van der Waals surface area contributed by atoms with Crippen molar-refractivity contribution >= 4 is 23.4 Å². The summed E-state index contributed by atoms with van der Waals surface area (Å²) >= 11 is 5.47. The Morgan fingerprint density at radius 1 is 1.33 bits per heavy atom. The summed E-state index contributed by atoms with van der Waals surface area (Å²) < 4.78 is 6.79. The minimum absolute atomic E-state index is 0.774. The van der Waals surface area contributed by atoms with Crippen LogP contribution in [-0.4, -0.2) is 29.1 Å². The summed E-state index contributed by atoms with van der Waals surface area (Å²) in [6.07, 6.45) is 6.82. The van der Waals surface area contributed by atoms with E-state index < -0.39 is 0 Å². The molecule has 0 aliphatic heterocycles. The summed E-state index contributed by atoms with van der Waals surface area (Å²) in [5.41, 5.74) is 3.28. The molecule has 1 N–H and O–H groups in total. The molecule has 0 saturated heterocycles. The average molecular weight is 304 g/mol. The monoisotopic (exact) mass is 304 g/mol. The molecular weight excluding hydrogens is 284 g/mol. The molecule has 21 heavy (non-hydrogen) atoms. The van der Waals surface area contributed by atoms with Gasteiger partial charge in [-0.1, -0.05) is 13.3 Å². The summed E-state index contributed by atoms with van der Waals surface area (Å²) in [6.45, 7) is 3.92. The van der Waals surface area contributed by atoms with E-state index in [1.807, 2.05) is 28.7 Å². The van der Waals surface area contributed by atoms with Crippen LogP contribution < -0.4 is 0 Å². The molecule has 3 aromatic heterocycles. The third-order valence-electron chi connectivity index (χ3n) is 3.64. The van der Waals surface area contributed by atoms with Crippen molar-refractivity contribution in [1.29, 1.82) is 0 Å². The molecule has 6 nitrogen and oxygen atoms in total. The van der Waals surface area contributed by atoms with Crippen LogP contribution in [0.5, 0.6) is 0 Å². The molecule has 7 heteroatoms. The first-order valence-corrected chi connectivity index (χ1v) is 7.73. The number of nitrogens with zero attached hydrogens (tertiary/aromatic N) is 5. The van der Waals surface area contributed by atoms with E-state index in [9.17, 15) is 0 Å². The Hall–Kier alpha value is -1.89. The Bertz CT molecular complexity index is 776. The first kappa shape index (κ1) is 14.1. The molecule has 112 valence electrons. The Balaban J connectivity index is 1.84. The largest absolute Gasteiger partial charge is 0.328 e. The zero-order chi connectivity index (χ0) is 14.8. The Kier molecular flexibility index (Phi) is 3.92. The van der Waals surface area contributed by atoms with Crippen LogP contribution in [-0.2, 0) is 26.6 Å². The maximum Gasteiger partial charge on any atom is 0.179 e. The van der Waals surface area contributed by atoms with Crippen molar-refractivity contribution in [1.82, 2.24) is 29.1 Å². The van der Waals surface area contributed by atoms with E-state index >= 15 is 0 Å². The molecule has 0 unspecified atom stereocenters. The van der Waals surface area contributed by atoms with Gasteiger partial charge in [0, 0.05) is 32.5 Å². The fourth-order valence-electron chi connectivity index (χ4n) is 2.72. The number of nitrogens with one attached hydrogen (secondary N) is 1. The molecular formula is C14H20N6S. The quantitative estimate of drug-likeness (QED) is 0.712. The van der Waals surface area contributed by atoms with Crippen molar-refractivity contribution in [3.63, 3.8) is 0 Å². The van der Waals surface area contributed by atoms with Gasteiger partial charge in [0.2, 0.25) is 0 Å². The number of aromatic nitrogens is 6. The SMILES string of the molecule is CCCc1nn(C)c2c1[nH]c(=S)n2CCCn1cccn1. The highest BCUT2D eigenvalue weighted by Gasteiger charge is 2.14. The summed E-state index contributed by atoms with van der Waals surface area (Å²) in [5.74, 6) is 0. The van der Waals surface area contributed by atoms with E-state index in [0.29, 0.717) is 0 Å². The maximum atomic E-state index is 5.47. The maximum absolute atomic E-state index is 5.47. The van der Waals surface area contributed by atoms with Crippen LogP contribution in [0.2, 0.25) is 0 Å². The molecule has 0 atom stereocenters. The topological polar surface area (TPSA) is 56.4 Å². The van der Waals surface area contributed by atoms with Gasteiger partial charge >= 0.3 is 0 Å². The van der Waals surface area contributed by atoms with Gasteiger partial charge in [-0.05, 0) is 31.1 Å². The number of H-pyrrole nitrogens is 1. The highest BCUT2D eigenvalue weighted by Crippen LogP contribution is 2.19. The molecule has 0 aliphatic rings. The van der Waals surface area contributed by atoms with Gasteiger partial charge in [-0.15, -0.1) is 0 Å². The van der Waals surface area contributed by atoms with E-state index in [2.05, 4.69) is 26.7 Å². The molecule has 3 rings (SSSR count). The lowest BCUT2D eigenvalue weighted by Crippen LogP contribution is -2.07. The van der Waals surface area contributed by atoms with Crippen molar-refractivity contribution in [3.05, 3.63) is 28.9 Å². The first-order valence-electron chi connectivity index (χ1n) is 7.32. The molecule has 0 radical (unpaired) electrons. The van der Waals surface area contributed by atoms with Crippen LogP contribution >= 0.6 is 12.2 Å². The number of rotatable bonds is 6. The summed E-state index contributed by atoms with van der Waals surface area (Å²) in [5, 5.41) is 8.82. The highest BCUT2D eigenvalue weighted by molar-refractivity contribution is 7.71. The summed E-state index contributed by atoms with van der Waals surface area (Å²) in [6, 6.07) is 1.94. The Morgan fingerprint density at radius 2 is 2.19 bits per heavy atom. The summed E-state index contributed by atoms with van der Waals surface area (Å²) in [7, 11) is 1.98. The molecule has 3 heterocycles. The number of aryl methyl sites for hydroxylation is 4. The van der Waals surface area contributed by atoms with Crippen molar-refractivity contribution in [2.75, 3.05) is 0 Å². The average Bonchev–Trinajstić information content (AvgIpc) is 3.13. The molecule has 0 fully saturated rings. The van der Waals surface area contributed by atoms with Gasteiger partial charge in [0.1, 0.15) is 5.52 Å². The number of hydrogen-bond donors (Lipinski definition) is 1. The van der Waals surface area contributed by atoms with Gasteiger partial charge in [0.15, 0.2) is 10.4 Å². The first-order chi connectivity index (χ1) is 10.2. The Morgan fingerprint density at radius 3 is 2.90 bits per heavy atom. The number of imidazole rings is 1. The smallest absolute Gasteiger partial charge is 0.179 e. The van der Waals surface area contributed by atoms with Crippen LogP contribution in [0.15, 0.2) is 18.5 Å². The molecule has 3 aromatic rings.